The lowest BCUT2D eigenvalue weighted by molar-refractivity contribution is 0.145. The molecule has 0 spiro atoms. The Balaban J connectivity index is 2.58. The van der Waals surface area contributed by atoms with Gasteiger partial charge in [-0.3, -0.25) is 0 Å². The summed E-state index contributed by atoms with van der Waals surface area (Å²) in [5, 5.41) is 0. The van der Waals surface area contributed by atoms with E-state index in [4.69, 9.17) is 4.74 Å². The molecule has 1 fully saturated rings. The minimum absolute atomic E-state index is 0.130. The molecule has 17 heavy (non-hydrogen) atoms. The third-order valence-corrected chi connectivity index (χ3v) is 2.99. The van der Waals surface area contributed by atoms with Crippen LogP contribution in [0.4, 0.5) is 8.78 Å². The van der Waals surface area contributed by atoms with Gasteiger partial charge in [0.1, 0.15) is 5.75 Å². The zero-order chi connectivity index (χ0) is 12.5. The normalized spacial score (nSPS) is 16.5. The Bertz CT molecular complexity index is 477. The van der Waals surface area contributed by atoms with Crippen LogP contribution in [0.25, 0.3) is 0 Å². The zero-order valence-corrected chi connectivity index (χ0v) is 9.24. The number of isocyanates is 1. The number of hydrogen-bond donors (Lipinski definition) is 0. The van der Waals surface area contributed by atoms with Gasteiger partial charge in [0, 0.05) is 0 Å². The van der Waals surface area contributed by atoms with Gasteiger partial charge in [0.2, 0.25) is 6.08 Å². The van der Waals surface area contributed by atoms with Crippen molar-refractivity contribution in [3.05, 3.63) is 29.3 Å². The minimum Gasteiger partial charge on any atom is -0.496 e. The van der Waals surface area contributed by atoms with E-state index in [1.807, 2.05) is 0 Å². The standard InChI is InChI=1S/C12H11F2NO2/c1-17-9-4-2-3-8(10(9)11(13)14)12(5-6-12)15-7-16/h2-4,11H,5-6H2,1H3. The molecule has 1 saturated carbocycles. The molecule has 90 valence electrons. The predicted molar refractivity (Wildman–Crippen MR) is 57.0 cm³/mol. The lowest BCUT2D eigenvalue weighted by atomic mass is 9.98. The molecule has 1 aromatic rings. The summed E-state index contributed by atoms with van der Waals surface area (Å²) in [5.74, 6) is 0.130. The van der Waals surface area contributed by atoms with Gasteiger partial charge in [-0.15, -0.1) is 0 Å². The lowest BCUT2D eigenvalue weighted by Crippen LogP contribution is -2.08. The highest BCUT2D eigenvalue weighted by Crippen LogP contribution is 2.53. The Hall–Kier alpha value is -1.74. The van der Waals surface area contributed by atoms with E-state index in [2.05, 4.69) is 4.99 Å². The molecule has 2 rings (SSSR count). The molecule has 0 atom stereocenters. The van der Waals surface area contributed by atoms with Crippen molar-refractivity contribution in [3.8, 4) is 5.75 Å². The van der Waals surface area contributed by atoms with E-state index in [0.29, 0.717) is 18.4 Å². The van der Waals surface area contributed by atoms with Crippen molar-refractivity contribution < 1.29 is 18.3 Å². The second-order valence-corrected chi connectivity index (χ2v) is 3.96. The van der Waals surface area contributed by atoms with Gasteiger partial charge in [0.25, 0.3) is 6.43 Å². The van der Waals surface area contributed by atoms with Gasteiger partial charge >= 0.3 is 0 Å². The Morgan fingerprint density at radius 2 is 2.18 bits per heavy atom. The largest absolute Gasteiger partial charge is 0.496 e. The molecular weight excluding hydrogens is 228 g/mol. The molecule has 0 radical (unpaired) electrons. The number of nitrogens with zero attached hydrogens (tertiary/aromatic N) is 1. The van der Waals surface area contributed by atoms with Crippen LogP contribution in [0.15, 0.2) is 23.2 Å². The summed E-state index contributed by atoms with van der Waals surface area (Å²) in [4.78, 5) is 14.0. The van der Waals surface area contributed by atoms with E-state index in [1.165, 1.54) is 19.3 Å². The molecule has 3 nitrogen and oxygen atoms in total. The molecule has 1 aromatic carbocycles. The fourth-order valence-corrected chi connectivity index (χ4v) is 2.00. The van der Waals surface area contributed by atoms with Crippen LogP contribution in [0.2, 0.25) is 0 Å². The van der Waals surface area contributed by atoms with E-state index in [-0.39, 0.29) is 11.3 Å². The predicted octanol–water partition coefficient (Wildman–Crippen LogP) is 2.96. The van der Waals surface area contributed by atoms with Crippen LogP contribution >= 0.6 is 0 Å². The van der Waals surface area contributed by atoms with Crippen LogP contribution in [-0.4, -0.2) is 13.2 Å². The highest BCUT2D eigenvalue weighted by atomic mass is 19.3. The molecule has 0 N–H and O–H groups in total. The maximum atomic E-state index is 13.1. The van der Waals surface area contributed by atoms with Crippen LogP contribution in [-0.2, 0) is 10.3 Å². The molecule has 0 unspecified atom stereocenters. The quantitative estimate of drug-likeness (QED) is 0.598. The number of alkyl halides is 2. The number of hydrogen-bond acceptors (Lipinski definition) is 3. The highest BCUT2D eigenvalue weighted by molar-refractivity contribution is 5.49. The van der Waals surface area contributed by atoms with Crippen LogP contribution in [0, 0.1) is 0 Å². The topological polar surface area (TPSA) is 38.7 Å². The SMILES string of the molecule is COc1cccc(C2(N=C=O)CC2)c1C(F)F. The van der Waals surface area contributed by atoms with E-state index < -0.39 is 12.0 Å². The van der Waals surface area contributed by atoms with Crippen LogP contribution < -0.4 is 4.74 Å². The Kier molecular flexibility index (Phi) is 2.94. The first-order valence-corrected chi connectivity index (χ1v) is 5.19. The maximum absolute atomic E-state index is 13.1. The summed E-state index contributed by atoms with van der Waals surface area (Å²) < 4.78 is 31.0. The molecule has 0 amide bonds. The monoisotopic (exact) mass is 239 g/mol. The van der Waals surface area contributed by atoms with Gasteiger partial charge in [-0.2, -0.15) is 4.99 Å². The molecule has 0 bridgehead atoms. The van der Waals surface area contributed by atoms with Crippen molar-refractivity contribution in [1.82, 2.24) is 0 Å². The molecule has 0 aliphatic heterocycles. The highest BCUT2D eigenvalue weighted by Gasteiger charge is 2.47. The molecule has 0 heterocycles. The second kappa shape index (κ2) is 4.26. The average Bonchev–Trinajstić information content (AvgIpc) is 3.09. The van der Waals surface area contributed by atoms with Crippen molar-refractivity contribution in [2.45, 2.75) is 24.8 Å². The molecule has 1 aliphatic rings. The first-order chi connectivity index (χ1) is 8.14. The van der Waals surface area contributed by atoms with Crippen molar-refractivity contribution in [2.75, 3.05) is 7.11 Å². The number of aliphatic imine (C=N–C) groups is 1. The molecular formula is C12H11F2NO2. The maximum Gasteiger partial charge on any atom is 0.267 e. The molecule has 5 heteroatoms. The fraction of sp³-hybridized carbons (Fsp3) is 0.417. The third-order valence-electron chi connectivity index (χ3n) is 2.99. The summed E-state index contributed by atoms with van der Waals surface area (Å²) in [7, 11) is 1.34. The number of carbonyl (C=O) groups excluding carboxylic acids is 1. The first kappa shape index (κ1) is 11.7. The van der Waals surface area contributed by atoms with Crippen molar-refractivity contribution in [1.29, 1.82) is 0 Å². The van der Waals surface area contributed by atoms with Gasteiger partial charge in [-0.1, -0.05) is 12.1 Å². The summed E-state index contributed by atoms with van der Waals surface area (Å²) >= 11 is 0. The Morgan fingerprint density at radius 3 is 2.65 bits per heavy atom. The van der Waals surface area contributed by atoms with E-state index in [9.17, 15) is 13.6 Å². The number of halogens is 2. The fourth-order valence-electron chi connectivity index (χ4n) is 2.00. The van der Waals surface area contributed by atoms with E-state index >= 15 is 0 Å². The zero-order valence-electron chi connectivity index (χ0n) is 9.24. The van der Waals surface area contributed by atoms with E-state index in [0.717, 1.165) is 0 Å². The number of rotatable bonds is 4. The summed E-state index contributed by atoms with van der Waals surface area (Å²) in [6.07, 6.45) is -0.00569. The minimum atomic E-state index is -2.65. The third kappa shape index (κ3) is 1.94. The van der Waals surface area contributed by atoms with Crippen molar-refractivity contribution in [3.63, 3.8) is 0 Å². The van der Waals surface area contributed by atoms with Gasteiger partial charge < -0.3 is 4.74 Å². The average molecular weight is 239 g/mol. The number of ether oxygens (including phenoxy) is 1. The summed E-state index contributed by atoms with van der Waals surface area (Å²) in [6, 6.07) is 4.67. The van der Waals surface area contributed by atoms with Crippen LogP contribution in [0.5, 0.6) is 5.75 Å². The summed E-state index contributed by atoms with van der Waals surface area (Å²) in [6.45, 7) is 0. The second-order valence-electron chi connectivity index (χ2n) is 3.96. The van der Waals surface area contributed by atoms with Crippen molar-refractivity contribution >= 4 is 6.08 Å². The van der Waals surface area contributed by atoms with Gasteiger partial charge in [-0.05, 0) is 24.5 Å². The Labute approximate surface area is 97.1 Å². The summed E-state index contributed by atoms with van der Waals surface area (Å²) in [5.41, 5.74) is -0.607. The number of benzene rings is 1. The van der Waals surface area contributed by atoms with Gasteiger partial charge in [0.15, 0.2) is 0 Å². The smallest absolute Gasteiger partial charge is 0.267 e. The molecule has 0 saturated heterocycles. The van der Waals surface area contributed by atoms with Crippen LogP contribution in [0.1, 0.15) is 30.4 Å². The van der Waals surface area contributed by atoms with Gasteiger partial charge in [-0.25, -0.2) is 13.6 Å². The molecule has 1 aliphatic carbocycles. The number of methoxy groups -OCH3 is 1. The molecule has 0 aromatic heterocycles. The van der Waals surface area contributed by atoms with Gasteiger partial charge in [0.05, 0.1) is 18.2 Å². The Morgan fingerprint density at radius 1 is 1.47 bits per heavy atom. The first-order valence-electron chi connectivity index (χ1n) is 5.19. The van der Waals surface area contributed by atoms with Crippen molar-refractivity contribution in [2.24, 2.45) is 4.99 Å². The van der Waals surface area contributed by atoms with E-state index in [1.54, 1.807) is 12.1 Å². The lowest BCUT2D eigenvalue weighted by Gasteiger charge is -2.16. The van der Waals surface area contributed by atoms with Crippen LogP contribution in [0.3, 0.4) is 0 Å².